The number of nitrogens with zero attached hydrogens (tertiary/aromatic N) is 5. The van der Waals surface area contributed by atoms with Crippen molar-refractivity contribution in [3.8, 4) is 33.9 Å². The molecule has 0 aliphatic rings. The maximum Gasteiger partial charge on any atom is 0.159 e. The summed E-state index contributed by atoms with van der Waals surface area (Å²) in [5.74, 6) is 0.695. The average Bonchev–Trinajstić information content (AvgIpc) is 3.51. The number of imidazole rings is 1. The zero-order valence-corrected chi connectivity index (χ0v) is 18.6. The maximum atomic E-state index is 4.89. The van der Waals surface area contributed by atoms with E-state index in [0.717, 1.165) is 68.7 Å². The van der Waals surface area contributed by atoms with Gasteiger partial charge in [-0.15, -0.1) is 0 Å². The van der Waals surface area contributed by atoms with Gasteiger partial charge in [-0.1, -0.05) is 13.0 Å². The minimum absolute atomic E-state index is 0.695. The smallest absolute Gasteiger partial charge is 0.159 e. The zero-order valence-electron chi connectivity index (χ0n) is 18.6. The molecule has 0 saturated carbocycles. The van der Waals surface area contributed by atoms with E-state index in [4.69, 9.17) is 4.98 Å². The zero-order chi connectivity index (χ0) is 22.9. The van der Waals surface area contributed by atoms with E-state index in [1.165, 1.54) is 0 Å². The molecule has 6 aromatic rings. The van der Waals surface area contributed by atoms with Crippen molar-refractivity contribution < 1.29 is 0 Å². The Balaban J connectivity index is 1.44. The molecule has 5 aromatic heterocycles. The van der Waals surface area contributed by atoms with E-state index >= 15 is 0 Å². The Bertz CT molecular complexity index is 1600. The molecule has 0 unspecified atom stereocenters. The molecule has 6 rings (SSSR count). The Kier molecular flexibility index (Phi) is 5.04. The molecule has 34 heavy (non-hydrogen) atoms. The van der Waals surface area contributed by atoms with Crippen molar-refractivity contribution in [2.75, 3.05) is 6.54 Å². The largest absolute Gasteiger partial charge is 0.336 e. The fourth-order valence-electron chi connectivity index (χ4n) is 4.15. The average molecular weight is 447 g/mol. The molecule has 0 aliphatic heterocycles. The number of nitrogens with one attached hydrogen (secondary N) is 3. The summed E-state index contributed by atoms with van der Waals surface area (Å²) >= 11 is 0. The summed E-state index contributed by atoms with van der Waals surface area (Å²) in [5.41, 5.74) is 8.51. The SMILES string of the molecule is CCNCc1cncc(-c2ccc3[nH]nc(-c4nc5c(-c6ccncc6)nccc5[nH]4)c3c2)c1. The number of fused-ring (bicyclic) bond motifs is 2. The molecule has 0 amide bonds. The number of H-pyrrole nitrogens is 2. The van der Waals surface area contributed by atoms with Crippen molar-refractivity contribution in [1.82, 2.24) is 40.4 Å². The molecule has 5 heterocycles. The lowest BCUT2D eigenvalue weighted by Crippen LogP contribution is -2.11. The lowest BCUT2D eigenvalue weighted by atomic mass is 10.0. The highest BCUT2D eigenvalue weighted by Crippen LogP contribution is 2.32. The van der Waals surface area contributed by atoms with Gasteiger partial charge < -0.3 is 10.3 Å². The van der Waals surface area contributed by atoms with Gasteiger partial charge in [0.25, 0.3) is 0 Å². The van der Waals surface area contributed by atoms with E-state index in [0.29, 0.717) is 5.82 Å². The second kappa shape index (κ2) is 8.49. The van der Waals surface area contributed by atoms with Gasteiger partial charge in [0, 0.05) is 54.0 Å². The van der Waals surface area contributed by atoms with E-state index in [9.17, 15) is 0 Å². The molecule has 0 aliphatic carbocycles. The first-order valence-electron chi connectivity index (χ1n) is 11.2. The van der Waals surface area contributed by atoms with Crippen LogP contribution in [0.4, 0.5) is 0 Å². The molecule has 0 spiro atoms. The Morgan fingerprint density at radius 3 is 2.62 bits per heavy atom. The minimum atomic E-state index is 0.695. The topological polar surface area (TPSA) is 108 Å². The monoisotopic (exact) mass is 446 g/mol. The molecule has 0 atom stereocenters. The van der Waals surface area contributed by atoms with Crippen LogP contribution in [-0.4, -0.2) is 41.7 Å². The Hall–Kier alpha value is -4.43. The third-order valence-electron chi connectivity index (χ3n) is 5.85. The van der Waals surface area contributed by atoms with Crippen molar-refractivity contribution in [3.05, 3.63) is 79.0 Å². The van der Waals surface area contributed by atoms with Gasteiger partial charge in [0.1, 0.15) is 11.2 Å². The van der Waals surface area contributed by atoms with Crippen LogP contribution in [-0.2, 0) is 6.54 Å². The molecule has 0 saturated heterocycles. The second-order valence-electron chi connectivity index (χ2n) is 8.07. The fraction of sp³-hybridized carbons (Fsp3) is 0.115. The van der Waals surface area contributed by atoms with E-state index in [1.807, 2.05) is 36.7 Å². The van der Waals surface area contributed by atoms with Gasteiger partial charge in [-0.3, -0.25) is 20.1 Å². The molecule has 0 fully saturated rings. The summed E-state index contributed by atoms with van der Waals surface area (Å²) in [6.45, 7) is 3.81. The Labute approximate surface area is 195 Å². The number of pyridine rings is 3. The van der Waals surface area contributed by atoms with Gasteiger partial charge in [0.2, 0.25) is 0 Å². The number of aromatic amines is 2. The summed E-state index contributed by atoms with van der Waals surface area (Å²) in [6.07, 6.45) is 9.10. The van der Waals surface area contributed by atoms with Gasteiger partial charge in [0.05, 0.1) is 16.7 Å². The van der Waals surface area contributed by atoms with Crippen LogP contribution in [0.5, 0.6) is 0 Å². The summed E-state index contributed by atoms with van der Waals surface area (Å²) in [6, 6.07) is 14.2. The standard InChI is InChI=1S/C26H22N8/c1-2-27-13-16-11-19(15-29-14-16)18-3-4-21-20(12-18)24(34-33-21)26-31-22-7-10-30-23(25(22)32-26)17-5-8-28-9-6-17/h3-12,14-15,27H,2,13H2,1H3,(H,31,32)(H,33,34). The number of hydrogen-bond acceptors (Lipinski definition) is 6. The quantitative estimate of drug-likeness (QED) is 0.341. The van der Waals surface area contributed by atoms with E-state index < -0.39 is 0 Å². The minimum Gasteiger partial charge on any atom is -0.336 e. The van der Waals surface area contributed by atoms with Gasteiger partial charge in [-0.05, 0) is 54.1 Å². The molecule has 166 valence electrons. The van der Waals surface area contributed by atoms with Crippen LogP contribution < -0.4 is 5.32 Å². The summed E-state index contributed by atoms with van der Waals surface area (Å²) in [5, 5.41) is 12.1. The number of benzene rings is 1. The molecule has 8 heteroatoms. The van der Waals surface area contributed by atoms with Crippen LogP contribution in [0.2, 0.25) is 0 Å². The van der Waals surface area contributed by atoms with Crippen LogP contribution in [0.3, 0.4) is 0 Å². The van der Waals surface area contributed by atoms with Crippen molar-refractivity contribution >= 4 is 21.9 Å². The van der Waals surface area contributed by atoms with Gasteiger partial charge in [0.15, 0.2) is 5.82 Å². The van der Waals surface area contributed by atoms with Gasteiger partial charge in [-0.2, -0.15) is 5.10 Å². The van der Waals surface area contributed by atoms with Crippen molar-refractivity contribution in [2.45, 2.75) is 13.5 Å². The van der Waals surface area contributed by atoms with Crippen LogP contribution in [0, 0.1) is 0 Å². The Morgan fingerprint density at radius 1 is 0.824 bits per heavy atom. The predicted molar refractivity (Wildman–Crippen MR) is 133 cm³/mol. The van der Waals surface area contributed by atoms with Gasteiger partial charge in [-0.25, -0.2) is 4.98 Å². The van der Waals surface area contributed by atoms with Crippen LogP contribution >= 0.6 is 0 Å². The first-order chi connectivity index (χ1) is 16.8. The molecular weight excluding hydrogens is 424 g/mol. The molecule has 0 radical (unpaired) electrons. The molecule has 8 nitrogen and oxygen atoms in total. The second-order valence-corrected chi connectivity index (χ2v) is 8.07. The highest BCUT2D eigenvalue weighted by Gasteiger charge is 2.16. The normalized spacial score (nSPS) is 11.4. The van der Waals surface area contributed by atoms with Crippen molar-refractivity contribution in [3.63, 3.8) is 0 Å². The summed E-state index contributed by atoms with van der Waals surface area (Å²) in [4.78, 5) is 21.4. The van der Waals surface area contributed by atoms with Crippen molar-refractivity contribution in [2.24, 2.45) is 0 Å². The molecule has 0 bridgehead atoms. The number of aromatic nitrogens is 7. The molecule has 1 aromatic carbocycles. The summed E-state index contributed by atoms with van der Waals surface area (Å²) < 4.78 is 0. The Morgan fingerprint density at radius 2 is 1.74 bits per heavy atom. The van der Waals surface area contributed by atoms with Gasteiger partial charge >= 0.3 is 0 Å². The first-order valence-corrected chi connectivity index (χ1v) is 11.2. The third kappa shape index (κ3) is 3.60. The molecule has 3 N–H and O–H groups in total. The lowest BCUT2D eigenvalue weighted by molar-refractivity contribution is 0.724. The predicted octanol–water partition coefficient (Wildman–Crippen LogP) is 4.73. The highest BCUT2D eigenvalue weighted by atomic mass is 15.1. The first kappa shape index (κ1) is 20.2. The fourth-order valence-corrected chi connectivity index (χ4v) is 4.15. The number of hydrogen-bond donors (Lipinski definition) is 3. The van der Waals surface area contributed by atoms with E-state index in [2.05, 4.69) is 60.6 Å². The number of rotatable bonds is 6. The highest BCUT2D eigenvalue weighted by molar-refractivity contribution is 5.97. The van der Waals surface area contributed by atoms with E-state index in [-0.39, 0.29) is 0 Å². The van der Waals surface area contributed by atoms with E-state index in [1.54, 1.807) is 18.6 Å². The van der Waals surface area contributed by atoms with Crippen LogP contribution in [0.1, 0.15) is 12.5 Å². The van der Waals surface area contributed by atoms with Crippen molar-refractivity contribution in [1.29, 1.82) is 0 Å². The maximum absolute atomic E-state index is 4.89. The van der Waals surface area contributed by atoms with Crippen LogP contribution in [0.25, 0.3) is 55.8 Å². The summed E-state index contributed by atoms with van der Waals surface area (Å²) in [7, 11) is 0. The van der Waals surface area contributed by atoms with Crippen LogP contribution in [0.15, 0.2) is 73.4 Å². The third-order valence-corrected chi connectivity index (χ3v) is 5.85. The molecular formula is C26H22N8. The lowest BCUT2D eigenvalue weighted by Gasteiger charge is -2.06.